The topological polar surface area (TPSA) is 85.6 Å². The molecule has 0 unspecified atom stereocenters. The summed E-state index contributed by atoms with van der Waals surface area (Å²) in [5.74, 6) is -0.674. The van der Waals surface area contributed by atoms with Gasteiger partial charge in [-0.25, -0.2) is 9.97 Å². The predicted octanol–water partition coefficient (Wildman–Crippen LogP) is 2.46. The van der Waals surface area contributed by atoms with Crippen molar-refractivity contribution in [3.8, 4) is 0 Å². The summed E-state index contributed by atoms with van der Waals surface area (Å²) in [7, 11) is 0. The van der Waals surface area contributed by atoms with Crippen LogP contribution in [0.25, 0.3) is 5.65 Å². The van der Waals surface area contributed by atoms with Crippen molar-refractivity contribution in [1.82, 2.24) is 14.4 Å². The van der Waals surface area contributed by atoms with Gasteiger partial charge in [-0.05, 0) is 26.0 Å². The number of rotatable bonds is 5. The van der Waals surface area contributed by atoms with Crippen LogP contribution in [-0.4, -0.2) is 32.9 Å². The summed E-state index contributed by atoms with van der Waals surface area (Å²) in [6.07, 6.45) is 1.78. The average Bonchev–Trinajstić information content (AvgIpc) is 3.15. The Morgan fingerprint density at radius 1 is 1.33 bits per heavy atom. The minimum Gasteiger partial charge on any atom is -0.466 e. The van der Waals surface area contributed by atoms with E-state index in [0.717, 1.165) is 5.69 Å². The number of anilines is 1. The van der Waals surface area contributed by atoms with Gasteiger partial charge in [0.05, 0.1) is 18.7 Å². The van der Waals surface area contributed by atoms with E-state index in [-0.39, 0.29) is 18.3 Å². The number of carbonyl (C=O) groups excluding carboxylic acids is 2. The lowest BCUT2D eigenvalue weighted by Crippen LogP contribution is -2.12. The Balaban J connectivity index is 1.71. The fraction of sp³-hybridized carbons (Fsp3) is 0.250. The normalized spacial score (nSPS) is 10.8. The highest BCUT2D eigenvalue weighted by molar-refractivity contribution is 7.14. The smallest absolute Gasteiger partial charge is 0.311 e. The number of amides is 1. The van der Waals surface area contributed by atoms with Crippen molar-refractivity contribution in [3.05, 3.63) is 46.9 Å². The van der Waals surface area contributed by atoms with Crippen LogP contribution in [0.3, 0.4) is 0 Å². The van der Waals surface area contributed by atoms with Crippen LogP contribution in [0.5, 0.6) is 0 Å². The standard InChI is InChI=1S/C16H16N4O3S/c1-3-23-14(21)7-11-9-24-16(17-11)19-15(22)12-8-20-10(2)5-4-6-13(20)18-12/h4-6,8-9H,3,7H2,1-2H3,(H,17,19,22). The van der Waals surface area contributed by atoms with Crippen LogP contribution in [0, 0.1) is 6.92 Å². The molecule has 24 heavy (non-hydrogen) atoms. The number of carbonyl (C=O) groups is 2. The summed E-state index contributed by atoms with van der Waals surface area (Å²) >= 11 is 1.26. The molecule has 0 fully saturated rings. The Morgan fingerprint density at radius 3 is 2.92 bits per heavy atom. The van der Waals surface area contributed by atoms with E-state index >= 15 is 0 Å². The molecule has 3 aromatic rings. The molecule has 0 bridgehead atoms. The SMILES string of the molecule is CCOC(=O)Cc1csc(NC(=O)c2cn3c(C)cccc3n2)n1. The summed E-state index contributed by atoms with van der Waals surface area (Å²) in [4.78, 5) is 32.3. The summed E-state index contributed by atoms with van der Waals surface area (Å²) in [5, 5.41) is 4.85. The van der Waals surface area contributed by atoms with Crippen LogP contribution in [0.1, 0.15) is 28.8 Å². The molecule has 0 aromatic carbocycles. The predicted molar refractivity (Wildman–Crippen MR) is 90.3 cm³/mol. The first kappa shape index (κ1) is 16.1. The quantitative estimate of drug-likeness (QED) is 0.719. The minimum absolute atomic E-state index is 0.0910. The lowest BCUT2D eigenvalue weighted by molar-refractivity contribution is -0.142. The van der Waals surface area contributed by atoms with E-state index in [0.29, 0.717) is 28.8 Å². The van der Waals surface area contributed by atoms with Gasteiger partial charge < -0.3 is 9.14 Å². The molecule has 1 amide bonds. The third-order valence-electron chi connectivity index (χ3n) is 3.33. The summed E-state index contributed by atoms with van der Waals surface area (Å²) in [5.41, 5.74) is 2.58. The van der Waals surface area contributed by atoms with Crippen molar-refractivity contribution in [2.24, 2.45) is 0 Å². The molecule has 0 radical (unpaired) electrons. The zero-order valence-electron chi connectivity index (χ0n) is 13.3. The highest BCUT2D eigenvalue weighted by Crippen LogP contribution is 2.17. The molecule has 0 saturated heterocycles. The Hall–Kier alpha value is -2.74. The van der Waals surface area contributed by atoms with Gasteiger partial charge in [-0.1, -0.05) is 6.07 Å². The van der Waals surface area contributed by atoms with E-state index < -0.39 is 0 Å². The van der Waals surface area contributed by atoms with Gasteiger partial charge in [0.25, 0.3) is 5.91 Å². The van der Waals surface area contributed by atoms with Crippen molar-refractivity contribution in [2.45, 2.75) is 20.3 Å². The zero-order valence-corrected chi connectivity index (χ0v) is 14.1. The molecular weight excluding hydrogens is 328 g/mol. The van der Waals surface area contributed by atoms with E-state index in [1.807, 2.05) is 29.5 Å². The van der Waals surface area contributed by atoms with E-state index in [1.54, 1.807) is 18.5 Å². The molecule has 0 aliphatic heterocycles. The largest absolute Gasteiger partial charge is 0.466 e. The van der Waals surface area contributed by atoms with Crippen molar-refractivity contribution in [1.29, 1.82) is 0 Å². The molecule has 3 aromatic heterocycles. The fourth-order valence-electron chi connectivity index (χ4n) is 2.22. The van der Waals surface area contributed by atoms with E-state index in [1.165, 1.54) is 11.3 Å². The molecule has 0 aliphatic carbocycles. The second-order valence-corrected chi connectivity index (χ2v) is 5.96. The van der Waals surface area contributed by atoms with Crippen molar-refractivity contribution in [2.75, 3.05) is 11.9 Å². The van der Waals surface area contributed by atoms with Crippen LogP contribution in [0.4, 0.5) is 5.13 Å². The van der Waals surface area contributed by atoms with Gasteiger partial charge in [-0.3, -0.25) is 14.9 Å². The number of esters is 1. The average molecular weight is 344 g/mol. The molecular formula is C16H16N4O3S. The third kappa shape index (κ3) is 3.43. The molecule has 7 nitrogen and oxygen atoms in total. The molecule has 0 aliphatic rings. The number of nitrogens with one attached hydrogen (secondary N) is 1. The molecule has 0 saturated carbocycles. The van der Waals surface area contributed by atoms with Gasteiger partial charge in [0.15, 0.2) is 5.13 Å². The van der Waals surface area contributed by atoms with Crippen LogP contribution in [0.15, 0.2) is 29.8 Å². The van der Waals surface area contributed by atoms with E-state index in [2.05, 4.69) is 15.3 Å². The third-order valence-corrected chi connectivity index (χ3v) is 4.14. The first-order chi connectivity index (χ1) is 11.6. The van der Waals surface area contributed by atoms with Crippen LogP contribution in [0.2, 0.25) is 0 Å². The van der Waals surface area contributed by atoms with Gasteiger partial charge in [-0.15, -0.1) is 11.3 Å². The molecule has 124 valence electrons. The number of aromatic nitrogens is 3. The molecule has 3 heterocycles. The maximum absolute atomic E-state index is 12.3. The summed E-state index contributed by atoms with van der Waals surface area (Å²) in [6, 6.07) is 5.67. The molecule has 0 atom stereocenters. The lowest BCUT2D eigenvalue weighted by atomic mass is 10.3. The molecule has 1 N–H and O–H groups in total. The van der Waals surface area contributed by atoms with Gasteiger partial charge in [0.1, 0.15) is 11.3 Å². The summed E-state index contributed by atoms with van der Waals surface area (Å²) < 4.78 is 6.73. The number of aryl methyl sites for hydroxylation is 1. The first-order valence-corrected chi connectivity index (χ1v) is 8.31. The van der Waals surface area contributed by atoms with Crippen molar-refractivity contribution in [3.63, 3.8) is 0 Å². The number of hydrogen-bond donors (Lipinski definition) is 1. The highest BCUT2D eigenvalue weighted by atomic mass is 32.1. The summed E-state index contributed by atoms with van der Waals surface area (Å²) in [6.45, 7) is 4.03. The number of nitrogens with zero attached hydrogens (tertiary/aromatic N) is 3. The van der Waals surface area contributed by atoms with Gasteiger partial charge in [0, 0.05) is 17.3 Å². The maximum Gasteiger partial charge on any atom is 0.311 e. The number of thiazole rings is 1. The van der Waals surface area contributed by atoms with Gasteiger partial charge >= 0.3 is 5.97 Å². The van der Waals surface area contributed by atoms with Crippen molar-refractivity contribution >= 4 is 34.0 Å². The minimum atomic E-state index is -0.338. The maximum atomic E-state index is 12.3. The molecule has 3 rings (SSSR count). The second kappa shape index (κ2) is 6.79. The molecule has 0 spiro atoms. The fourth-order valence-corrected chi connectivity index (χ4v) is 2.93. The Bertz CT molecular complexity index is 900. The lowest BCUT2D eigenvalue weighted by Gasteiger charge is -1.99. The Kier molecular flexibility index (Phi) is 4.57. The number of ether oxygens (including phenoxy) is 1. The van der Waals surface area contributed by atoms with E-state index in [9.17, 15) is 9.59 Å². The van der Waals surface area contributed by atoms with Crippen LogP contribution >= 0.6 is 11.3 Å². The number of pyridine rings is 1. The van der Waals surface area contributed by atoms with Gasteiger partial charge in [0.2, 0.25) is 0 Å². The van der Waals surface area contributed by atoms with E-state index in [4.69, 9.17) is 4.74 Å². The van der Waals surface area contributed by atoms with Gasteiger partial charge in [-0.2, -0.15) is 0 Å². The molecule has 8 heteroatoms. The van der Waals surface area contributed by atoms with Crippen LogP contribution < -0.4 is 5.32 Å². The number of fused-ring (bicyclic) bond motifs is 1. The zero-order chi connectivity index (χ0) is 17.1. The monoisotopic (exact) mass is 344 g/mol. The number of hydrogen-bond acceptors (Lipinski definition) is 6. The van der Waals surface area contributed by atoms with Crippen molar-refractivity contribution < 1.29 is 14.3 Å². The Morgan fingerprint density at radius 2 is 2.17 bits per heavy atom. The highest BCUT2D eigenvalue weighted by Gasteiger charge is 2.14. The Labute approximate surface area is 142 Å². The second-order valence-electron chi connectivity index (χ2n) is 5.10. The number of imidazole rings is 1. The van der Waals surface area contributed by atoms with Crippen LogP contribution in [-0.2, 0) is 16.0 Å². The first-order valence-electron chi connectivity index (χ1n) is 7.43.